The molecule has 4 rings (SSSR count). The van der Waals surface area contributed by atoms with Gasteiger partial charge in [0, 0.05) is 37.1 Å². The second kappa shape index (κ2) is 6.14. The van der Waals surface area contributed by atoms with Gasteiger partial charge in [-0.05, 0) is 55.2 Å². The molecule has 120 valence electrons. The quantitative estimate of drug-likeness (QED) is 0.923. The summed E-state index contributed by atoms with van der Waals surface area (Å²) in [5, 5.41) is 7.47. The second-order valence-electron chi connectivity index (χ2n) is 6.84. The van der Waals surface area contributed by atoms with Crippen molar-refractivity contribution in [2.75, 3.05) is 5.32 Å². The van der Waals surface area contributed by atoms with Gasteiger partial charge >= 0.3 is 0 Å². The normalized spacial score (nSPS) is 25.7. The molecule has 0 aromatic carbocycles. The zero-order valence-corrected chi connectivity index (χ0v) is 13.2. The molecule has 2 aromatic heterocycles. The molecule has 2 aliphatic rings. The number of carbonyl (C=O) groups is 1. The van der Waals surface area contributed by atoms with Crippen molar-refractivity contribution in [3.05, 3.63) is 42.4 Å². The summed E-state index contributed by atoms with van der Waals surface area (Å²) in [6.45, 7) is 0.800. The predicted octanol–water partition coefficient (Wildman–Crippen LogP) is 2.90. The maximum Gasteiger partial charge on any atom is 0.228 e. The lowest BCUT2D eigenvalue weighted by molar-refractivity contribution is -0.121. The van der Waals surface area contributed by atoms with Gasteiger partial charge in [-0.25, -0.2) is 0 Å². The zero-order valence-electron chi connectivity index (χ0n) is 13.2. The fraction of sp³-hybridized carbons (Fsp3) is 0.500. The van der Waals surface area contributed by atoms with Crippen LogP contribution in [0, 0.1) is 17.8 Å². The number of aryl methyl sites for hydroxylation is 2. The molecule has 2 aromatic rings. The minimum Gasteiger partial charge on any atom is -0.309 e. The SMILES string of the molecule is O=C(Nc1ccn(CCc2ccncc2)n1)[C@@H]1C[C@H]2CC[C@H]1C2. The third-order valence-corrected chi connectivity index (χ3v) is 5.35. The number of pyridine rings is 1. The lowest BCUT2D eigenvalue weighted by Crippen LogP contribution is -2.27. The van der Waals surface area contributed by atoms with E-state index in [1.54, 1.807) is 12.4 Å². The van der Waals surface area contributed by atoms with Crippen LogP contribution in [-0.2, 0) is 17.8 Å². The van der Waals surface area contributed by atoms with Crippen molar-refractivity contribution in [2.24, 2.45) is 17.8 Å². The van der Waals surface area contributed by atoms with E-state index in [0.717, 1.165) is 25.3 Å². The molecule has 0 aliphatic heterocycles. The summed E-state index contributed by atoms with van der Waals surface area (Å²) in [6.07, 6.45) is 11.3. The van der Waals surface area contributed by atoms with E-state index in [1.165, 1.54) is 24.8 Å². The zero-order chi connectivity index (χ0) is 15.6. The number of fused-ring (bicyclic) bond motifs is 2. The van der Waals surface area contributed by atoms with Crippen molar-refractivity contribution >= 4 is 11.7 Å². The Balaban J connectivity index is 1.32. The van der Waals surface area contributed by atoms with Crippen LogP contribution in [0.5, 0.6) is 0 Å². The van der Waals surface area contributed by atoms with Crippen molar-refractivity contribution in [1.82, 2.24) is 14.8 Å². The summed E-state index contributed by atoms with van der Waals surface area (Å²) in [5.41, 5.74) is 1.24. The third kappa shape index (κ3) is 3.14. The lowest BCUT2D eigenvalue weighted by atomic mass is 9.88. The minimum absolute atomic E-state index is 0.164. The number of aromatic nitrogens is 3. The number of hydrogen-bond acceptors (Lipinski definition) is 3. The van der Waals surface area contributed by atoms with E-state index < -0.39 is 0 Å². The average molecular weight is 310 g/mol. The highest BCUT2D eigenvalue weighted by molar-refractivity contribution is 5.92. The Hall–Kier alpha value is -2.17. The van der Waals surface area contributed by atoms with E-state index in [1.807, 2.05) is 29.1 Å². The molecule has 0 saturated heterocycles. The number of amides is 1. The fourth-order valence-corrected chi connectivity index (χ4v) is 4.13. The smallest absolute Gasteiger partial charge is 0.228 e. The number of nitrogens with one attached hydrogen (secondary N) is 1. The van der Waals surface area contributed by atoms with E-state index in [4.69, 9.17) is 0 Å². The van der Waals surface area contributed by atoms with E-state index in [0.29, 0.717) is 11.7 Å². The average Bonchev–Trinajstić information content (AvgIpc) is 3.30. The van der Waals surface area contributed by atoms with Gasteiger partial charge in [0.05, 0.1) is 0 Å². The molecular formula is C18H22N4O. The summed E-state index contributed by atoms with van der Waals surface area (Å²) < 4.78 is 1.89. The predicted molar refractivity (Wildman–Crippen MR) is 87.7 cm³/mol. The molecule has 1 amide bonds. The van der Waals surface area contributed by atoms with Crippen molar-refractivity contribution in [3.8, 4) is 0 Å². The van der Waals surface area contributed by atoms with Gasteiger partial charge in [0.25, 0.3) is 0 Å². The van der Waals surface area contributed by atoms with Gasteiger partial charge in [-0.15, -0.1) is 0 Å². The number of anilines is 1. The van der Waals surface area contributed by atoms with E-state index in [9.17, 15) is 4.79 Å². The van der Waals surface area contributed by atoms with Crippen LogP contribution in [0.15, 0.2) is 36.8 Å². The molecule has 2 fully saturated rings. The van der Waals surface area contributed by atoms with E-state index in [2.05, 4.69) is 15.4 Å². The lowest BCUT2D eigenvalue weighted by Gasteiger charge is -2.20. The minimum atomic E-state index is 0.164. The molecule has 2 bridgehead atoms. The highest BCUT2D eigenvalue weighted by Gasteiger charge is 2.43. The Morgan fingerprint density at radius 1 is 1.22 bits per heavy atom. The van der Waals surface area contributed by atoms with Crippen LogP contribution >= 0.6 is 0 Å². The largest absolute Gasteiger partial charge is 0.309 e. The molecule has 0 radical (unpaired) electrons. The van der Waals surface area contributed by atoms with Gasteiger partial charge in [0.1, 0.15) is 0 Å². The van der Waals surface area contributed by atoms with Gasteiger partial charge in [-0.2, -0.15) is 5.10 Å². The summed E-state index contributed by atoms with van der Waals surface area (Å²) >= 11 is 0. The molecule has 1 N–H and O–H groups in total. The summed E-state index contributed by atoms with van der Waals surface area (Å²) in [6, 6.07) is 5.92. The van der Waals surface area contributed by atoms with Gasteiger partial charge < -0.3 is 5.32 Å². The van der Waals surface area contributed by atoms with Crippen LogP contribution < -0.4 is 5.32 Å². The summed E-state index contributed by atoms with van der Waals surface area (Å²) in [5.74, 6) is 2.43. The van der Waals surface area contributed by atoms with E-state index in [-0.39, 0.29) is 11.8 Å². The molecule has 0 spiro atoms. The molecule has 5 nitrogen and oxygen atoms in total. The Kier molecular flexibility index (Phi) is 3.85. The molecule has 23 heavy (non-hydrogen) atoms. The van der Waals surface area contributed by atoms with E-state index >= 15 is 0 Å². The summed E-state index contributed by atoms with van der Waals surface area (Å²) in [4.78, 5) is 16.4. The monoisotopic (exact) mass is 310 g/mol. The van der Waals surface area contributed by atoms with Gasteiger partial charge in [-0.3, -0.25) is 14.5 Å². The number of carbonyl (C=O) groups excluding carboxylic acids is 1. The second-order valence-corrected chi connectivity index (χ2v) is 6.84. The molecular weight excluding hydrogens is 288 g/mol. The van der Waals surface area contributed by atoms with Crippen LogP contribution in [0.1, 0.15) is 31.2 Å². The van der Waals surface area contributed by atoms with Crippen molar-refractivity contribution in [2.45, 2.75) is 38.6 Å². The van der Waals surface area contributed by atoms with Gasteiger partial charge in [0.2, 0.25) is 5.91 Å². The highest BCUT2D eigenvalue weighted by Crippen LogP contribution is 2.48. The molecule has 2 heterocycles. The van der Waals surface area contributed by atoms with Crippen molar-refractivity contribution in [1.29, 1.82) is 0 Å². The van der Waals surface area contributed by atoms with Crippen LogP contribution in [0.25, 0.3) is 0 Å². The molecule has 5 heteroatoms. The molecule has 3 atom stereocenters. The first kappa shape index (κ1) is 14.4. The highest BCUT2D eigenvalue weighted by atomic mass is 16.2. The Morgan fingerprint density at radius 3 is 2.83 bits per heavy atom. The van der Waals surface area contributed by atoms with Gasteiger partial charge in [0.15, 0.2) is 5.82 Å². The Morgan fingerprint density at radius 2 is 2.09 bits per heavy atom. The Labute approximate surface area is 136 Å². The first-order valence-corrected chi connectivity index (χ1v) is 8.51. The number of rotatable bonds is 5. The maximum absolute atomic E-state index is 12.4. The summed E-state index contributed by atoms with van der Waals surface area (Å²) in [7, 11) is 0. The van der Waals surface area contributed by atoms with Gasteiger partial charge in [-0.1, -0.05) is 6.42 Å². The fourth-order valence-electron chi connectivity index (χ4n) is 4.13. The number of hydrogen-bond donors (Lipinski definition) is 1. The first-order valence-electron chi connectivity index (χ1n) is 8.51. The van der Waals surface area contributed by atoms with Crippen LogP contribution in [0.3, 0.4) is 0 Å². The van der Waals surface area contributed by atoms with Crippen LogP contribution in [0.4, 0.5) is 5.82 Å². The third-order valence-electron chi connectivity index (χ3n) is 5.35. The molecule has 2 aliphatic carbocycles. The van der Waals surface area contributed by atoms with Crippen molar-refractivity contribution < 1.29 is 4.79 Å². The topological polar surface area (TPSA) is 59.8 Å². The van der Waals surface area contributed by atoms with Crippen LogP contribution in [-0.4, -0.2) is 20.7 Å². The van der Waals surface area contributed by atoms with Crippen molar-refractivity contribution in [3.63, 3.8) is 0 Å². The standard InChI is InChI=1S/C18H22N4O/c23-18(16-12-14-1-2-15(16)11-14)20-17-6-10-22(21-17)9-5-13-3-7-19-8-4-13/h3-4,6-8,10,14-16H,1-2,5,9,11-12H2,(H,20,21,23)/t14-,15-,16+/m0/s1. The number of nitrogens with zero attached hydrogens (tertiary/aromatic N) is 3. The molecule has 2 saturated carbocycles. The van der Waals surface area contributed by atoms with Crippen LogP contribution in [0.2, 0.25) is 0 Å². The first-order chi connectivity index (χ1) is 11.3. The molecule has 0 unspecified atom stereocenters. The Bertz CT molecular complexity index is 681. The maximum atomic E-state index is 12.4.